The van der Waals surface area contributed by atoms with E-state index >= 15 is 0 Å². The number of aliphatic imine (C=N–C) groups is 1. The van der Waals surface area contributed by atoms with Crippen LogP contribution in [-0.4, -0.2) is 49.8 Å². The van der Waals surface area contributed by atoms with Gasteiger partial charge in [0.05, 0.1) is 30.3 Å². The van der Waals surface area contributed by atoms with Gasteiger partial charge >= 0.3 is 0 Å². The SMILES string of the molecule is CCNC(=NCc1cc(N(C)C)nc2ccccc12)NC1CC2CCC1O2.I. The topological polar surface area (TPSA) is 61.8 Å². The number of fused-ring (bicyclic) bond motifs is 3. The van der Waals surface area contributed by atoms with Gasteiger partial charge in [0.15, 0.2) is 5.96 Å². The molecule has 2 N–H and O–H groups in total. The number of nitrogens with zero attached hydrogens (tertiary/aromatic N) is 3. The largest absolute Gasteiger partial charge is 0.373 e. The first-order chi connectivity index (χ1) is 13.1. The molecule has 3 heterocycles. The third kappa shape index (κ3) is 4.51. The second kappa shape index (κ2) is 9.26. The van der Waals surface area contributed by atoms with Gasteiger partial charge in [-0.2, -0.15) is 0 Å². The fourth-order valence-electron chi connectivity index (χ4n) is 4.04. The molecule has 0 spiro atoms. The van der Waals surface area contributed by atoms with Crippen molar-refractivity contribution in [2.24, 2.45) is 4.99 Å². The van der Waals surface area contributed by atoms with Gasteiger partial charge in [-0.15, -0.1) is 24.0 Å². The van der Waals surface area contributed by atoms with Crippen LogP contribution in [0.3, 0.4) is 0 Å². The summed E-state index contributed by atoms with van der Waals surface area (Å²) in [6.45, 7) is 3.55. The summed E-state index contributed by atoms with van der Waals surface area (Å²) in [6, 6.07) is 10.8. The van der Waals surface area contributed by atoms with Crippen LogP contribution in [0.5, 0.6) is 0 Å². The van der Waals surface area contributed by atoms with Gasteiger partial charge in [0, 0.05) is 26.0 Å². The number of guanidine groups is 1. The number of halogens is 1. The van der Waals surface area contributed by atoms with Crippen LogP contribution in [0.25, 0.3) is 10.9 Å². The zero-order valence-electron chi connectivity index (χ0n) is 16.8. The van der Waals surface area contributed by atoms with Gasteiger partial charge in [-0.1, -0.05) is 18.2 Å². The van der Waals surface area contributed by atoms with E-state index in [2.05, 4.69) is 41.8 Å². The van der Waals surface area contributed by atoms with Crippen molar-refractivity contribution in [1.82, 2.24) is 15.6 Å². The highest BCUT2D eigenvalue weighted by atomic mass is 127. The molecule has 1 aromatic carbocycles. The molecule has 6 nitrogen and oxygen atoms in total. The highest BCUT2D eigenvalue weighted by Gasteiger charge is 2.41. The summed E-state index contributed by atoms with van der Waals surface area (Å²) in [5.41, 5.74) is 2.19. The van der Waals surface area contributed by atoms with Gasteiger partial charge in [-0.3, -0.25) is 0 Å². The van der Waals surface area contributed by atoms with Crippen LogP contribution in [0.4, 0.5) is 5.82 Å². The van der Waals surface area contributed by atoms with Crippen LogP contribution in [0.15, 0.2) is 35.3 Å². The Bertz CT molecular complexity index is 841. The zero-order valence-corrected chi connectivity index (χ0v) is 19.1. The maximum absolute atomic E-state index is 5.97. The van der Waals surface area contributed by atoms with E-state index in [9.17, 15) is 0 Å². The number of ether oxygens (including phenoxy) is 1. The third-order valence-corrected chi connectivity index (χ3v) is 5.43. The van der Waals surface area contributed by atoms with E-state index in [-0.39, 0.29) is 24.0 Å². The molecule has 0 saturated carbocycles. The van der Waals surface area contributed by atoms with Crippen LogP contribution in [0.2, 0.25) is 0 Å². The standard InChI is InChI=1S/C21H29N5O.HI/c1-4-22-21(25-18-12-15-9-10-19(18)27-15)23-13-14-11-20(26(2)3)24-17-8-6-5-7-16(14)17;/h5-8,11,15,18-19H,4,9-10,12-13H2,1-3H3,(H2,22,23,25);1H. The maximum atomic E-state index is 5.97. The number of para-hydroxylation sites is 1. The molecular formula is C21H30IN5O. The fourth-order valence-corrected chi connectivity index (χ4v) is 4.04. The molecule has 0 aliphatic carbocycles. The van der Waals surface area contributed by atoms with E-state index in [1.165, 1.54) is 12.0 Å². The van der Waals surface area contributed by atoms with Gasteiger partial charge in [-0.25, -0.2) is 9.98 Å². The van der Waals surface area contributed by atoms with E-state index in [1.807, 2.05) is 25.1 Å². The molecule has 2 aliphatic heterocycles. The molecule has 7 heteroatoms. The van der Waals surface area contributed by atoms with E-state index in [4.69, 9.17) is 14.7 Å². The monoisotopic (exact) mass is 495 g/mol. The molecule has 2 saturated heterocycles. The van der Waals surface area contributed by atoms with Crippen LogP contribution in [-0.2, 0) is 11.3 Å². The Morgan fingerprint density at radius 2 is 2.11 bits per heavy atom. The van der Waals surface area contributed by atoms with E-state index in [0.717, 1.165) is 42.1 Å². The molecule has 2 bridgehead atoms. The second-order valence-corrected chi connectivity index (χ2v) is 7.61. The molecule has 3 unspecified atom stereocenters. The number of hydrogen-bond donors (Lipinski definition) is 2. The van der Waals surface area contributed by atoms with Crippen molar-refractivity contribution < 1.29 is 4.74 Å². The lowest BCUT2D eigenvalue weighted by Gasteiger charge is -2.22. The van der Waals surface area contributed by atoms with Crippen molar-refractivity contribution in [3.05, 3.63) is 35.9 Å². The Morgan fingerprint density at radius 1 is 1.29 bits per heavy atom. The summed E-state index contributed by atoms with van der Waals surface area (Å²) in [6.07, 6.45) is 4.21. The lowest BCUT2D eigenvalue weighted by atomic mass is 9.96. The van der Waals surface area contributed by atoms with E-state index in [1.54, 1.807) is 0 Å². The molecule has 2 aliphatic rings. The van der Waals surface area contributed by atoms with Crippen LogP contribution in [0, 0.1) is 0 Å². The number of nitrogens with one attached hydrogen (secondary N) is 2. The number of pyridine rings is 1. The quantitative estimate of drug-likeness (QED) is 0.379. The highest BCUT2D eigenvalue weighted by molar-refractivity contribution is 14.0. The van der Waals surface area contributed by atoms with Gasteiger partial charge in [-0.05, 0) is 43.9 Å². The Kier molecular flexibility index (Phi) is 6.98. The van der Waals surface area contributed by atoms with Gasteiger partial charge in [0.25, 0.3) is 0 Å². The van der Waals surface area contributed by atoms with Crippen molar-refractivity contribution in [3.8, 4) is 0 Å². The molecule has 2 aromatic rings. The number of anilines is 1. The summed E-state index contributed by atoms with van der Waals surface area (Å²) < 4.78 is 5.97. The van der Waals surface area contributed by atoms with Crippen molar-refractivity contribution in [1.29, 1.82) is 0 Å². The Labute approximate surface area is 184 Å². The third-order valence-electron chi connectivity index (χ3n) is 5.43. The average molecular weight is 495 g/mol. The van der Waals surface area contributed by atoms with Crippen molar-refractivity contribution in [2.45, 2.75) is 51.0 Å². The first-order valence-corrected chi connectivity index (χ1v) is 9.90. The summed E-state index contributed by atoms with van der Waals surface area (Å²) in [7, 11) is 4.04. The van der Waals surface area contributed by atoms with Crippen molar-refractivity contribution in [2.75, 3.05) is 25.5 Å². The normalized spacial score (nSPS) is 23.5. The molecule has 1 aromatic heterocycles. The van der Waals surface area contributed by atoms with E-state index in [0.29, 0.717) is 24.8 Å². The number of benzene rings is 1. The minimum absolute atomic E-state index is 0. The average Bonchev–Trinajstić information content (AvgIpc) is 3.29. The Hall–Kier alpha value is -1.61. The predicted octanol–water partition coefficient (Wildman–Crippen LogP) is 3.29. The molecule has 4 rings (SSSR count). The van der Waals surface area contributed by atoms with Crippen LogP contribution in [0.1, 0.15) is 31.7 Å². The summed E-state index contributed by atoms with van der Waals surface area (Å²) >= 11 is 0. The molecule has 2 fully saturated rings. The van der Waals surface area contributed by atoms with Crippen molar-refractivity contribution >= 4 is 46.7 Å². The van der Waals surface area contributed by atoms with Gasteiger partial charge in [0.1, 0.15) is 5.82 Å². The second-order valence-electron chi connectivity index (χ2n) is 7.61. The Balaban J connectivity index is 0.00000225. The highest BCUT2D eigenvalue weighted by Crippen LogP contribution is 2.34. The number of rotatable bonds is 5. The molecule has 3 atom stereocenters. The smallest absolute Gasteiger partial charge is 0.191 e. The predicted molar refractivity (Wildman–Crippen MR) is 126 cm³/mol. The molecule has 0 amide bonds. The summed E-state index contributed by atoms with van der Waals surface area (Å²) in [5, 5.41) is 8.13. The van der Waals surface area contributed by atoms with Gasteiger partial charge < -0.3 is 20.3 Å². The Morgan fingerprint density at radius 3 is 2.79 bits per heavy atom. The first-order valence-electron chi connectivity index (χ1n) is 9.90. The number of hydrogen-bond acceptors (Lipinski definition) is 4. The minimum atomic E-state index is 0. The molecule has 28 heavy (non-hydrogen) atoms. The van der Waals surface area contributed by atoms with Crippen molar-refractivity contribution in [3.63, 3.8) is 0 Å². The lowest BCUT2D eigenvalue weighted by Crippen LogP contribution is -2.47. The molecule has 0 radical (unpaired) electrons. The maximum Gasteiger partial charge on any atom is 0.191 e. The molecule has 152 valence electrons. The summed E-state index contributed by atoms with van der Waals surface area (Å²) in [5.74, 6) is 1.82. The molecular weight excluding hydrogens is 465 g/mol. The minimum Gasteiger partial charge on any atom is -0.373 e. The van der Waals surface area contributed by atoms with Gasteiger partial charge in [0.2, 0.25) is 0 Å². The fraction of sp³-hybridized carbons (Fsp3) is 0.524. The zero-order chi connectivity index (χ0) is 18.8. The van der Waals surface area contributed by atoms with Crippen LogP contribution < -0.4 is 15.5 Å². The first kappa shape index (κ1) is 21.1. The number of aromatic nitrogens is 1. The summed E-state index contributed by atoms with van der Waals surface area (Å²) in [4.78, 5) is 11.6. The van der Waals surface area contributed by atoms with Crippen LogP contribution >= 0.6 is 24.0 Å². The lowest BCUT2D eigenvalue weighted by molar-refractivity contribution is 0.0992. The van der Waals surface area contributed by atoms with E-state index < -0.39 is 0 Å².